The third-order valence-electron chi connectivity index (χ3n) is 5.83. The van der Waals surface area contributed by atoms with Crippen LogP contribution in [0.1, 0.15) is 32.6 Å². The zero-order valence-corrected chi connectivity index (χ0v) is 19.5. The highest BCUT2D eigenvalue weighted by molar-refractivity contribution is 7.89. The zero-order valence-electron chi connectivity index (χ0n) is 17.9. The fraction of sp³-hybridized carbons (Fsp3) is 0.619. The molecule has 0 unspecified atom stereocenters. The average molecular weight is 471 g/mol. The Labute approximate surface area is 189 Å². The smallest absolute Gasteiger partial charge is 0.241 e. The molecule has 1 N–H and O–H groups in total. The Morgan fingerprint density at radius 1 is 0.935 bits per heavy atom. The molecule has 3 rings (SSSR count). The minimum absolute atomic E-state index is 0.0633. The van der Waals surface area contributed by atoms with Crippen LogP contribution in [0.3, 0.4) is 0 Å². The Hall–Kier alpha value is -1.68. The summed E-state index contributed by atoms with van der Waals surface area (Å²) < 4.78 is 27.5. The lowest BCUT2D eigenvalue weighted by Crippen LogP contribution is -2.55. The number of benzene rings is 1. The zero-order chi connectivity index (χ0) is 22.4. The minimum Gasteiger partial charge on any atom is -0.342 e. The summed E-state index contributed by atoms with van der Waals surface area (Å²) in [5.41, 5.74) is 0. The fourth-order valence-corrected chi connectivity index (χ4v) is 5.30. The van der Waals surface area contributed by atoms with Crippen LogP contribution in [0.2, 0.25) is 5.02 Å². The van der Waals surface area contributed by atoms with E-state index in [4.69, 9.17) is 11.6 Å². The molecule has 0 saturated carbocycles. The molecule has 2 heterocycles. The van der Waals surface area contributed by atoms with Crippen molar-refractivity contribution in [1.82, 2.24) is 19.4 Å². The van der Waals surface area contributed by atoms with Crippen LogP contribution < -0.4 is 4.72 Å². The summed E-state index contributed by atoms with van der Waals surface area (Å²) >= 11 is 5.81. The van der Waals surface area contributed by atoms with Crippen LogP contribution in [0.25, 0.3) is 0 Å². The van der Waals surface area contributed by atoms with E-state index in [0.717, 1.165) is 25.9 Å². The fourth-order valence-electron chi connectivity index (χ4n) is 3.98. The van der Waals surface area contributed by atoms with Crippen LogP contribution in [0.4, 0.5) is 0 Å². The van der Waals surface area contributed by atoms with Gasteiger partial charge in [-0.3, -0.25) is 14.5 Å². The molecule has 0 aliphatic carbocycles. The summed E-state index contributed by atoms with van der Waals surface area (Å²) in [4.78, 5) is 31.1. The molecule has 2 aliphatic rings. The number of nitrogens with one attached hydrogen (secondary N) is 1. The summed E-state index contributed by atoms with van der Waals surface area (Å²) in [5.74, 6) is -0.109. The van der Waals surface area contributed by atoms with Crippen molar-refractivity contribution >= 4 is 33.4 Å². The third kappa shape index (κ3) is 6.65. The van der Waals surface area contributed by atoms with Gasteiger partial charge in [-0.1, -0.05) is 24.4 Å². The van der Waals surface area contributed by atoms with Crippen molar-refractivity contribution in [3.63, 3.8) is 0 Å². The van der Waals surface area contributed by atoms with E-state index in [1.165, 1.54) is 37.1 Å². The highest BCUT2D eigenvalue weighted by atomic mass is 35.5. The molecule has 0 radical (unpaired) electrons. The van der Waals surface area contributed by atoms with Crippen molar-refractivity contribution < 1.29 is 18.0 Å². The standard InChI is InChI=1S/C21H31ClN4O4S/c1-17(23-31(29,30)19-8-6-18(22)7-9-19)21(28)26-14-12-24(13-15-26)16-20(27)25-10-4-2-3-5-11-25/h6-9,17,23H,2-5,10-16H2,1H3/t17-/m0/s1. The normalized spacial score (nSPS) is 19.7. The summed E-state index contributed by atoms with van der Waals surface area (Å²) in [7, 11) is -3.82. The van der Waals surface area contributed by atoms with Crippen molar-refractivity contribution in [3.8, 4) is 0 Å². The predicted molar refractivity (Wildman–Crippen MR) is 119 cm³/mol. The van der Waals surface area contributed by atoms with E-state index in [-0.39, 0.29) is 16.7 Å². The maximum absolute atomic E-state index is 12.8. The van der Waals surface area contributed by atoms with Crippen molar-refractivity contribution in [1.29, 1.82) is 0 Å². The molecule has 31 heavy (non-hydrogen) atoms. The summed E-state index contributed by atoms with van der Waals surface area (Å²) in [6, 6.07) is 4.92. The Balaban J connectivity index is 1.47. The van der Waals surface area contributed by atoms with Crippen molar-refractivity contribution in [3.05, 3.63) is 29.3 Å². The van der Waals surface area contributed by atoms with Gasteiger partial charge in [-0.15, -0.1) is 0 Å². The van der Waals surface area contributed by atoms with Gasteiger partial charge in [0.05, 0.1) is 17.5 Å². The van der Waals surface area contributed by atoms with Crippen LogP contribution >= 0.6 is 11.6 Å². The molecule has 8 nitrogen and oxygen atoms in total. The molecule has 1 atom stereocenters. The van der Waals surface area contributed by atoms with E-state index >= 15 is 0 Å². The number of halogens is 1. The molecule has 2 amide bonds. The summed E-state index contributed by atoms with van der Waals surface area (Å²) in [6.45, 7) is 5.74. The first-order valence-electron chi connectivity index (χ1n) is 10.8. The van der Waals surface area contributed by atoms with Gasteiger partial charge in [0.25, 0.3) is 0 Å². The highest BCUT2D eigenvalue weighted by Crippen LogP contribution is 2.15. The Morgan fingerprint density at radius 2 is 1.52 bits per heavy atom. The number of hydrogen-bond acceptors (Lipinski definition) is 5. The van der Waals surface area contributed by atoms with Gasteiger partial charge in [-0.05, 0) is 44.0 Å². The van der Waals surface area contributed by atoms with Crippen LogP contribution in [0.15, 0.2) is 29.2 Å². The Kier molecular flexibility index (Phi) is 8.32. The van der Waals surface area contributed by atoms with E-state index in [0.29, 0.717) is 37.7 Å². The first-order valence-corrected chi connectivity index (χ1v) is 12.7. The molecule has 2 saturated heterocycles. The molecule has 2 aliphatic heterocycles. The molecule has 172 valence electrons. The van der Waals surface area contributed by atoms with E-state index in [9.17, 15) is 18.0 Å². The van der Waals surface area contributed by atoms with Gasteiger partial charge < -0.3 is 9.80 Å². The number of amides is 2. The SMILES string of the molecule is C[C@H](NS(=O)(=O)c1ccc(Cl)cc1)C(=O)N1CCN(CC(=O)N2CCCCCC2)CC1. The van der Waals surface area contributed by atoms with Gasteiger partial charge in [0.2, 0.25) is 21.8 Å². The highest BCUT2D eigenvalue weighted by Gasteiger charge is 2.29. The van der Waals surface area contributed by atoms with Gasteiger partial charge in [0.1, 0.15) is 0 Å². The number of sulfonamides is 1. The molecular weight excluding hydrogens is 440 g/mol. The second kappa shape index (κ2) is 10.8. The van der Waals surface area contributed by atoms with Crippen LogP contribution in [-0.4, -0.2) is 86.8 Å². The molecule has 10 heteroatoms. The number of hydrogen-bond donors (Lipinski definition) is 1. The molecular formula is C21H31ClN4O4S. The Morgan fingerprint density at radius 3 is 2.10 bits per heavy atom. The molecule has 0 spiro atoms. The maximum atomic E-state index is 12.8. The summed E-state index contributed by atoms with van der Waals surface area (Å²) in [6.07, 6.45) is 4.50. The number of nitrogens with zero attached hydrogens (tertiary/aromatic N) is 3. The van der Waals surface area contributed by atoms with E-state index in [1.807, 2.05) is 4.90 Å². The lowest BCUT2D eigenvalue weighted by molar-refractivity contribution is -0.136. The van der Waals surface area contributed by atoms with Gasteiger partial charge in [-0.2, -0.15) is 4.72 Å². The number of rotatable bonds is 6. The lowest BCUT2D eigenvalue weighted by atomic mass is 10.2. The topological polar surface area (TPSA) is 90.0 Å². The summed E-state index contributed by atoms with van der Waals surface area (Å²) in [5, 5.41) is 0.440. The van der Waals surface area contributed by atoms with Gasteiger partial charge >= 0.3 is 0 Å². The third-order valence-corrected chi connectivity index (χ3v) is 7.64. The molecule has 1 aromatic carbocycles. The predicted octanol–water partition coefficient (Wildman–Crippen LogP) is 1.55. The monoisotopic (exact) mass is 470 g/mol. The largest absolute Gasteiger partial charge is 0.342 e. The number of piperazine rings is 1. The molecule has 1 aromatic rings. The van der Waals surface area contributed by atoms with Crippen molar-refractivity contribution in [2.75, 3.05) is 45.8 Å². The number of carbonyl (C=O) groups is 2. The maximum Gasteiger partial charge on any atom is 0.241 e. The molecule has 2 fully saturated rings. The van der Waals surface area contributed by atoms with Gasteiger partial charge in [0, 0.05) is 44.3 Å². The minimum atomic E-state index is -3.82. The first-order chi connectivity index (χ1) is 14.8. The van der Waals surface area contributed by atoms with Gasteiger partial charge in [-0.25, -0.2) is 8.42 Å². The number of carbonyl (C=O) groups excluding carboxylic acids is 2. The van der Waals surface area contributed by atoms with E-state index in [1.54, 1.807) is 11.8 Å². The molecule has 0 bridgehead atoms. The number of likely N-dealkylation sites (tertiary alicyclic amines) is 1. The van der Waals surface area contributed by atoms with Crippen LogP contribution in [0, 0.1) is 0 Å². The quantitative estimate of drug-likeness (QED) is 0.681. The average Bonchev–Trinajstić information content (AvgIpc) is 3.03. The van der Waals surface area contributed by atoms with Crippen molar-refractivity contribution in [2.24, 2.45) is 0 Å². The van der Waals surface area contributed by atoms with E-state index in [2.05, 4.69) is 9.62 Å². The van der Waals surface area contributed by atoms with Crippen LogP contribution in [0.5, 0.6) is 0 Å². The Bertz CT molecular complexity index is 862. The second-order valence-corrected chi connectivity index (χ2v) is 10.3. The molecule has 0 aromatic heterocycles. The lowest BCUT2D eigenvalue weighted by Gasteiger charge is -2.36. The van der Waals surface area contributed by atoms with E-state index < -0.39 is 16.1 Å². The first kappa shape index (κ1) is 24.0. The second-order valence-electron chi connectivity index (χ2n) is 8.19. The van der Waals surface area contributed by atoms with Gasteiger partial charge in [0.15, 0.2) is 0 Å². The van der Waals surface area contributed by atoms with Crippen LogP contribution in [-0.2, 0) is 19.6 Å². The van der Waals surface area contributed by atoms with Crippen molar-refractivity contribution in [2.45, 2.75) is 43.5 Å².